The van der Waals surface area contributed by atoms with Crippen molar-refractivity contribution in [2.75, 3.05) is 6.54 Å². The van der Waals surface area contributed by atoms with Gasteiger partial charge in [0.25, 0.3) is 0 Å². The van der Waals surface area contributed by atoms with E-state index < -0.39 is 5.97 Å². The zero-order chi connectivity index (χ0) is 12.6. The number of carboxylic acids is 1. The molecule has 16 heavy (non-hydrogen) atoms. The van der Waals surface area contributed by atoms with E-state index in [1.54, 1.807) is 0 Å². The molecule has 96 valence electrons. The van der Waals surface area contributed by atoms with Crippen LogP contribution >= 0.6 is 0 Å². The highest BCUT2D eigenvalue weighted by atomic mass is 16.4. The monoisotopic (exact) mass is 229 g/mol. The van der Waals surface area contributed by atoms with Crippen molar-refractivity contribution in [1.29, 1.82) is 0 Å². The number of aliphatic carboxylic acids is 1. The maximum Gasteiger partial charge on any atom is 0.303 e. The molecule has 0 spiro atoms. The number of carboxylic acid groups (broad SMARTS) is 1. The normalized spacial score (nSPS) is 15.1. The lowest BCUT2D eigenvalue weighted by molar-refractivity contribution is -0.137. The lowest BCUT2D eigenvalue weighted by atomic mass is 10.1. The number of rotatable bonds is 9. The first-order valence-electron chi connectivity index (χ1n) is 6.50. The molecular formula is C13H27NO2. The van der Waals surface area contributed by atoms with Gasteiger partial charge >= 0.3 is 5.97 Å². The topological polar surface area (TPSA) is 40.5 Å². The second-order valence-electron chi connectivity index (χ2n) is 4.63. The molecule has 0 fully saturated rings. The van der Waals surface area contributed by atoms with E-state index in [0.29, 0.717) is 12.1 Å². The molecule has 0 rings (SSSR count). The average Bonchev–Trinajstić information content (AvgIpc) is 2.26. The van der Waals surface area contributed by atoms with Gasteiger partial charge in [-0.3, -0.25) is 9.69 Å². The predicted molar refractivity (Wildman–Crippen MR) is 67.7 cm³/mol. The van der Waals surface area contributed by atoms with Crippen LogP contribution < -0.4 is 0 Å². The first-order valence-corrected chi connectivity index (χ1v) is 6.50. The standard InChI is InChI=1S/C13H27NO2/c1-5-7-10-14(11(3)6-2)12(4)8-9-13(15)16/h11-12H,5-10H2,1-4H3,(H,15,16). The smallest absolute Gasteiger partial charge is 0.303 e. The second kappa shape index (κ2) is 8.57. The van der Waals surface area contributed by atoms with E-state index in [4.69, 9.17) is 5.11 Å². The molecule has 1 N–H and O–H groups in total. The molecule has 2 unspecified atom stereocenters. The van der Waals surface area contributed by atoms with Crippen LogP contribution in [0.4, 0.5) is 0 Å². The molecule has 0 aliphatic heterocycles. The zero-order valence-corrected chi connectivity index (χ0v) is 11.2. The SMILES string of the molecule is CCCCN(C(C)CC)C(C)CCC(=O)O. The molecule has 0 heterocycles. The summed E-state index contributed by atoms with van der Waals surface area (Å²) in [5, 5.41) is 8.70. The molecule has 2 atom stereocenters. The molecule has 0 radical (unpaired) electrons. The number of unbranched alkanes of at least 4 members (excludes halogenated alkanes) is 1. The third kappa shape index (κ3) is 6.11. The Kier molecular flexibility index (Phi) is 8.26. The van der Waals surface area contributed by atoms with Gasteiger partial charge in [-0.05, 0) is 39.7 Å². The van der Waals surface area contributed by atoms with Gasteiger partial charge in [-0.2, -0.15) is 0 Å². The van der Waals surface area contributed by atoms with Gasteiger partial charge in [-0.15, -0.1) is 0 Å². The van der Waals surface area contributed by atoms with Crippen molar-refractivity contribution in [2.45, 2.75) is 71.9 Å². The molecule has 0 aromatic rings. The highest BCUT2D eigenvalue weighted by Gasteiger charge is 2.18. The average molecular weight is 229 g/mol. The van der Waals surface area contributed by atoms with Crippen LogP contribution in [0.3, 0.4) is 0 Å². The molecule has 3 nitrogen and oxygen atoms in total. The fourth-order valence-corrected chi connectivity index (χ4v) is 1.95. The van der Waals surface area contributed by atoms with Gasteiger partial charge in [0, 0.05) is 18.5 Å². The van der Waals surface area contributed by atoms with Crippen molar-refractivity contribution in [2.24, 2.45) is 0 Å². The van der Waals surface area contributed by atoms with Crippen LogP contribution in [0.2, 0.25) is 0 Å². The number of nitrogens with zero attached hydrogens (tertiary/aromatic N) is 1. The highest BCUT2D eigenvalue weighted by molar-refractivity contribution is 5.66. The van der Waals surface area contributed by atoms with Gasteiger partial charge in [0.15, 0.2) is 0 Å². The van der Waals surface area contributed by atoms with Crippen LogP contribution in [-0.2, 0) is 4.79 Å². The number of hydrogen-bond donors (Lipinski definition) is 1. The maximum atomic E-state index is 10.6. The fourth-order valence-electron chi connectivity index (χ4n) is 1.95. The minimum atomic E-state index is -0.688. The van der Waals surface area contributed by atoms with Crippen molar-refractivity contribution >= 4 is 5.97 Å². The van der Waals surface area contributed by atoms with Crippen LogP contribution in [0.5, 0.6) is 0 Å². The van der Waals surface area contributed by atoms with Gasteiger partial charge in [-0.25, -0.2) is 0 Å². The van der Waals surface area contributed by atoms with Crippen molar-refractivity contribution in [3.05, 3.63) is 0 Å². The van der Waals surface area contributed by atoms with Gasteiger partial charge in [0.05, 0.1) is 0 Å². The van der Waals surface area contributed by atoms with Gasteiger partial charge < -0.3 is 5.11 Å². The Labute approximate surface area is 99.8 Å². The Bertz CT molecular complexity index is 194. The quantitative estimate of drug-likeness (QED) is 0.660. The summed E-state index contributed by atoms with van der Waals surface area (Å²) in [6.07, 6.45) is 4.55. The summed E-state index contributed by atoms with van der Waals surface area (Å²) < 4.78 is 0. The Morgan fingerprint density at radius 2 is 1.88 bits per heavy atom. The summed E-state index contributed by atoms with van der Waals surface area (Å²) in [5.74, 6) is -0.688. The van der Waals surface area contributed by atoms with Crippen molar-refractivity contribution < 1.29 is 9.90 Å². The lowest BCUT2D eigenvalue weighted by Crippen LogP contribution is -2.40. The summed E-state index contributed by atoms with van der Waals surface area (Å²) in [7, 11) is 0. The van der Waals surface area contributed by atoms with Gasteiger partial charge in [-0.1, -0.05) is 20.3 Å². The molecular weight excluding hydrogens is 202 g/mol. The predicted octanol–water partition coefficient (Wildman–Crippen LogP) is 3.14. The Morgan fingerprint density at radius 1 is 1.25 bits per heavy atom. The summed E-state index contributed by atoms with van der Waals surface area (Å²) in [6.45, 7) is 9.84. The van der Waals surface area contributed by atoms with Crippen LogP contribution in [0.25, 0.3) is 0 Å². The number of carbonyl (C=O) groups is 1. The first kappa shape index (κ1) is 15.4. The highest BCUT2D eigenvalue weighted by Crippen LogP contribution is 2.14. The van der Waals surface area contributed by atoms with Crippen molar-refractivity contribution in [3.63, 3.8) is 0 Å². The summed E-state index contributed by atoms with van der Waals surface area (Å²) in [5.41, 5.74) is 0. The molecule has 0 aromatic carbocycles. The van der Waals surface area contributed by atoms with E-state index in [1.807, 2.05) is 0 Å². The van der Waals surface area contributed by atoms with Crippen molar-refractivity contribution in [1.82, 2.24) is 4.90 Å². The molecule has 0 bridgehead atoms. The Hall–Kier alpha value is -0.570. The molecule has 0 aliphatic rings. The Morgan fingerprint density at radius 3 is 2.31 bits per heavy atom. The minimum absolute atomic E-state index is 0.278. The van der Waals surface area contributed by atoms with Crippen LogP contribution in [0.15, 0.2) is 0 Å². The summed E-state index contributed by atoms with van der Waals surface area (Å²) >= 11 is 0. The van der Waals surface area contributed by atoms with E-state index in [0.717, 1.165) is 19.4 Å². The van der Waals surface area contributed by atoms with E-state index in [2.05, 4.69) is 32.6 Å². The molecule has 0 amide bonds. The van der Waals surface area contributed by atoms with Crippen LogP contribution in [-0.4, -0.2) is 34.6 Å². The van der Waals surface area contributed by atoms with E-state index in [1.165, 1.54) is 12.8 Å². The van der Waals surface area contributed by atoms with E-state index in [9.17, 15) is 4.79 Å². The molecule has 0 saturated heterocycles. The summed E-state index contributed by atoms with van der Waals surface area (Å²) in [6, 6.07) is 0.924. The van der Waals surface area contributed by atoms with Crippen LogP contribution in [0, 0.1) is 0 Å². The maximum absolute atomic E-state index is 10.6. The van der Waals surface area contributed by atoms with Gasteiger partial charge in [0.1, 0.15) is 0 Å². The third-order valence-corrected chi connectivity index (χ3v) is 3.27. The molecule has 0 aliphatic carbocycles. The first-order chi connectivity index (χ1) is 7.52. The largest absolute Gasteiger partial charge is 0.481 e. The van der Waals surface area contributed by atoms with E-state index in [-0.39, 0.29) is 6.42 Å². The van der Waals surface area contributed by atoms with Crippen LogP contribution in [0.1, 0.15) is 59.8 Å². The third-order valence-electron chi connectivity index (χ3n) is 3.27. The zero-order valence-electron chi connectivity index (χ0n) is 11.2. The summed E-state index contributed by atoms with van der Waals surface area (Å²) in [4.78, 5) is 13.0. The van der Waals surface area contributed by atoms with E-state index >= 15 is 0 Å². The Balaban J connectivity index is 4.19. The number of hydrogen-bond acceptors (Lipinski definition) is 2. The lowest BCUT2D eigenvalue weighted by Gasteiger charge is -2.34. The van der Waals surface area contributed by atoms with Gasteiger partial charge in [0.2, 0.25) is 0 Å². The molecule has 0 saturated carbocycles. The fraction of sp³-hybridized carbons (Fsp3) is 0.923. The minimum Gasteiger partial charge on any atom is -0.481 e. The molecule has 3 heteroatoms. The molecule has 0 aromatic heterocycles. The van der Waals surface area contributed by atoms with Crippen molar-refractivity contribution in [3.8, 4) is 0 Å². The second-order valence-corrected chi connectivity index (χ2v) is 4.63.